The van der Waals surface area contributed by atoms with E-state index in [0.717, 1.165) is 25.3 Å². The highest BCUT2D eigenvalue weighted by Gasteiger charge is 2.13. The number of hydrogen-bond acceptors (Lipinski definition) is 3. The first-order chi connectivity index (χ1) is 10.6. The van der Waals surface area contributed by atoms with Gasteiger partial charge < -0.3 is 9.84 Å². The minimum atomic E-state index is 0.314. The maximum atomic E-state index is 9.41. The van der Waals surface area contributed by atoms with Crippen LogP contribution in [0.25, 0.3) is 0 Å². The molecule has 0 saturated carbocycles. The summed E-state index contributed by atoms with van der Waals surface area (Å²) in [6.45, 7) is 6.24. The maximum absolute atomic E-state index is 9.41. The third kappa shape index (κ3) is 4.50. The van der Waals surface area contributed by atoms with Crippen LogP contribution in [0.15, 0.2) is 48.5 Å². The van der Waals surface area contributed by atoms with Gasteiger partial charge in [0.1, 0.15) is 11.5 Å². The molecule has 22 heavy (non-hydrogen) atoms. The lowest BCUT2D eigenvalue weighted by Crippen LogP contribution is -2.31. The molecule has 1 atom stereocenters. The molecule has 0 heterocycles. The third-order valence-electron chi connectivity index (χ3n) is 4.08. The molecule has 0 amide bonds. The van der Waals surface area contributed by atoms with Crippen molar-refractivity contribution in [3.05, 3.63) is 59.7 Å². The molecule has 1 unspecified atom stereocenters. The molecule has 2 aromatic carbocycles. The van der Waals surface area contributed by atoms with Gasteiger partial charge in [0.2, 0.25) is 0 Å². The molecule has 3 heteroatoms. The Kier molecular flexibility index (Phi) is 5.84. The Balaban J connectivity index is 2.09. The van der Waals surface area contributed by atoms with Crippen molar-refractivity contribution >= 4 is 0 Å². The summed E-state index contributed by atoms with van der Waals surface area (Å²) in [5, 5.41) is 9.41. The molecular formula is C19H25NO2. The van der Waals surface area contributed by atoms with Gasteiger partial charge in [-0.1, -0.05) is 31.2 Å². The number of benzene rings is 2. The summed E-state index contributed by atoms with van der Waals surface area (Å²) in [5.41, 5.74) is 2.49. The molecule has 0 spiro atoms. The number of rotatable bonds is 7. The number of phenols is 1. The minimum Gasteiger partial charge on any atom is -0.508 e. The Hall–Kier alpha value is -2.00. The quantitative estimate of drug-likeness (QED) is 0.831. The van der Waals surface area contributed by atoms with Gasteiger partial charge in [-0.25, -0.2) is 0 Å². The van der Waals surface area contributed by atoms with Crippen LogP contribution in [0.5, 0.6) is 11.5 Å². The van der Waals surface area contributed by atoms with Gasteiger partial charge in [0, 0.05) is 19.1 Å². The van der Waals surface area contributed by atoms with E-state index in [1.807, 2.05) is 24.3 Å². The summed E-state index contributed by atoms with van der Waals surface area (Å²) in [7, 11) is 1.69. The molecule has 0 radical (unpaired) electrons. The normalized spacial score (nSPS) is 12.4. The average Bonchev–Trinajstić information content (AvgIpc) is 2.56. The summed E-state index contributed by atoms with van der Waals surface area (Å²) < 4.78 is 5.21. The van der Waals surface area contributed by atoms with Crippen molar-refractivity contribution < 1.29 is 9.84 Å². The van der Waals surface area contributed by atoms with Crippen molar-refractivity contribution in [3.8, 4) is 11.5 Å². The predicted octanol–water partition coefficient (Wildman–Crippen LogP) is 4.20. The van der Waals surface area contributed by atoms with E-state index in [4.69, 9.17) is 4.74 Å². The van der Waals surface area contributed by atoms with E-state index in [9.17, 15) is 5.11 Å². The van der Waals surface area contributed by atoms with Gasteiger partial charge in [0.25, 0.3) is 0 Å². The van der Waals surface area contributed by atoms with Gasteiger partial charge in [0.05, 0.1) is 7.11 Å². The second-order valence-electron chi connectivity index (χ2n) is 5.68. The minimum absolute atomic E-state index is 0.314. The maximum Gasteiger partial charge on any atom is 0.118 e. The van der Waals surface area contributed by atoms with Gasteiger partial charge >= 0.3 is 0 Å². The Bertz CT molecular complexity index is 563. The summed E-state index contributed by atoms with van der Waals surface area (Å²) in [4.78, 5) is 2.45. The van der Waals surface area contributed by atoms with Crippen LogP contribution in [0, 0.1) is 0 Å². The number of hydrogen-bond donors (Lipinski definition) is 1. The van der Waals surface area contributed by atoms with Crippen molar-refractivity contribution in [2.75, 3.05) is 7.11 Å². The van der Waals surface area contributed by atoms with E-state index in [1.165, 1.54) is 11.1 Å². The van der Waals surface area contributed by atoms with Gasteiger partial charge in [-0.3, -0.25) is 4.90 Å². The summed E-state index contributed by atoms with van der Waals surface area (Å²) >= 11 is 0. The van der Waals surface area contributed by atoms with Gasteiger partial charge in [-0.15, -0.1) is 0 Å². The van der Waals surface area contributed by atoms with Crippen molar-refractivity contribution in [3.63, 3.8) is 0 Å². The topological polar surface area (TPSA) is 32.7 Å². The second kappa shape index (κ2) is 7.85. The molecule has 0 saturated heterocycles. The highest BCUT2D eigenvalue weighted by molar-refractivity contribution is 5.28. The monoisotopic (exact) mass is 299 g/mol. The van der Waals surface area contributed by atoms with Crippen molar-refractivity contribution in [2.24, 2.45) is 0 Å². The zero-order valence-corrected chi connectivity index (χ0v) is 13.6. The molecule has 0 aliphatic rings. The zero-order valence-electron chi connectivity index (χ0n) is 13.6. The van der Waals surface area contributed by atoms with Crippen LogP contribution in [-0.2, 0) is 13.1 Å². The Morgan fingerprint density at radius 2 is 1.45 bits per heavy atom. The molecule has 0 fully saturated rings. The highest BCUT2D eigenvalue weighted by Crippen LogP contribution is 2.19. The van der Waals surface area contributed by atoms with Crippen molar-refractivity contribution in [2.45, 2.75) is 39.4 Å². The lowest BCUT2D eigenvalue weighted by Gasteiger charge is -2.28. The lowest BCUT2D eigenvalue weighted by molar-refractivity contribution is 0.186. The molecule has 3 nitrogen and oxygen atoms in total. The third-order valence-corrected chi connectivity index (χ3v) is 4.08. The molecule has 0 aliphatic heterocycles. The number of aromatic hydroxyl groups is 1. The fourth-order valence-corrected chi connectivity index (χ4v) is 2.43. The van der Waals surface area contributed by atoms with Gasteiger partial charge in [-0.05, 0) is 48.7 Å². The van der Waals surface area contributed by atoms with Crippen molar-refractivity contribution in [1.82, 2.24) is 4.90 Å². The van der Waals surface area contributed by atoms with Crippen LogP contribution in [-0.4, -0.2) is 23.2 Å². The van der Waals surface area contributed by atoms with E-state index in [1.54, 1.807) is 19.2 Å². The number of ether oxygens (including phenoxy) is 1. The van der Waals surface area contributed by atoms with E-state index in [-0.39, 0.29) is 0 Å². The van der Waals surface area contributed by atoms with Gasteiger partial charge in [-0.2, -0.15) is 0 Å². The Labute approximate surface area is 133 Å². The largest absolute Gasteiger partial charge is 0.508 e. The molecule has 0 aliphatic carbocycles. The van der Waals surface area contributed by atoms with E-state index >= 15 is 0 Å². The van der Waals surface area contributed by atoms with Crippen LogP contribution < -0.4 is 4.74 Å². The molecule has 0 aromatic heterocycles. The van der Waals surface area contributed by atoms with E-state index < -0.39 is 0 Å². The molecule has 2 rings (SSSR count). The van der Waals surface area contributed by atoms with Crippen LogP contribution in [0.1, 0.15) is 31.4 Å². The molecule has 0 bridgehead atoms. The number of phenolic OH excluding ortho intramolecular Hbond substituents is 1. The highest BCUT2D eigenvalue weighted by atomic mass is 16.5. The molecular weight excluding hydrogens is 274 g/mol. The number of methoxy groups -OCH3 is 1. The summed E-state index contributed by atoms with van der Waals surface area (Å²) in [6, 6.07) is 16.2. The van der Waals surface area contributed by atoms with E-state index in [2.05, 4.69) is 30.9 Å². The first-order valence-electron chi connectivity index (χ1n) is 7.77. The van der Waals surface area contributed by atoms with Gasteiger partial charge in [0.15, 0.2) is 0 Å². The van der Waals surface area contributed by atoms with Crippen LogP contribution >= 0.6 is 0 Å². The van der Waals surface area contributed by atoms with Crippen molar-refractivity contribution in [1.29, 1.82) is 0 Å². The predicted molar refractivity (Wildman–Crippen MR) is 90.1 cm³/mol. The fourth-order valence-electron chi connectivity index (χ4n) is 2.43. The average molecular weight is 299 g/mol. The standard InChI is InChI=1S/C19H25NO2/c1-4-15(2)20(13-16-5-9-18(21)10-6-16)14-17-7-11-19(22-3)12-8-17/h5-12,15,21H,4,13-14H2,1-3H3. The SMILES string of the molecule is CCC(C)N(Cc1ccc(O)cc1)Cc1ccc(OC)cc1. The summed E-state index contributed by atoms with van der Waals surface area (Å²) in [5.74, 6) is 1.20. The first-order valence-corrected chi connectivity index (χ1v) is 7.77. The molecule has 2 aromatic rings. The lowest BCUT2D eigenvalue weighted by atomic mass is 10.1. The molecule has 1 N–H and O–H groups in total. The first kappa shape index (κ1) is 16.4. The molecule has 118 valence electrons. The summed E-state index contributed by atoms with van der Waals surface area (Å²) in [6.07, 6.45) is 1.11. The zero-order chi connectivity index (χ0) is 15.9. The number of nitrogens with zero attached hydrogens (tertiary/aromatic N) is 1. The second-order valence-corrected chi connectivity index (χ2v) is 5.68. The van der Waals surface area contributed by atoms with Crippen LogP contribution in [0.2, 0.25) is 0 Å². The smallest absolute Gasteiger partial charge is 0.118 e. The van der Waals surface area contributed by atoms with Crippen LogP contribution in [0.3, 0.4) is 0 Å². The van der Waals surface area contributed by atoms with Crippen LogP contribution in [0.4, 0.5) is 0 Å². The Morgan fingerprint density at radius 3 is 1.91 bits per heavy atom. The Morgan fingerprint density at radius 1 is 0.955 bits per heavy atom. The fraction of sp³-hybridized carbons (Fsp3) is 0.368. The van der Waals surface area contributed by atoms with E-state index in [0.29, 0.717) is 11.8 Å².